The van der Waals surface area contributed by atoms with Crippen molar-refractivity contribution in [2.75, 3.05) is 0 Å². The van der Waals surface area contributed by atoms with Crippen LogP contribution in [0.3, 0.4) is 0 Å². The Labute approximate surface area is 73.6 Å². The van der Waals surface area contributed by atoms with Crippen LogP contribution in [0.25, 0.3) is 10.9 Å². The van der Waals surface area contributed by atoms with Gasteiger partial charge in [-0.3, -0.25) is 9.89 Å². The highest BCUT2D eigenvalue weighted by atomic mass is 19.1. The van der Waals surface area contributed by atoms with Crippen molar-refractivity contribution in [2.24, 2.45) is 0 Å². The van der Waals surface area contributed by atoms with Crippen molar-refractivity contribution in [1.82, 2.24) is 10.2 Å². The van der Waals surface area contributed by atoms with Crippen molar-refractivity contribution in [3.05, 3.63) is 29.2 Å². The molecule has 0 saturated carbocycles. The minimum Gasteiger partial charge on any atom is -0.298 e. The van der Waals surface area contributed by atoms with Gasteiger partial charge in [-0.1, -0.05) is 0 Å². The van der Waals surface area contributed by atoms with Gasteiger partial charge in [-0.25, -0.2) is 4.39 Å². The van der Waals surface area contributed by atoms with Crippen molar-refractivity contribution in [2.45, 2.75) is 6.92 Å². The maximum Gasteiger partial charge on any atom is 0.151 e. The molecule has 0 fully saturated rings. The van der Waals surface area contributed by atoms with Crippen LogP contribution in [0.1, 0.15) is 16.1 Å². The second kappa shape index (κ2) is 2.65. The Morgan fingerprint density at radius 1 is 1.54 bits per heavy atom. The predicted octanol–water partition coefficient (Wildman–Crippen LogP) is 1.82. The fourth-order valence-electron chi connectivity index (χ4n) is 1.38. The third-order valence-electron chi connectivity index (χ3n) is 2.00. The molecule has 13 heavy (non-hydrogen) atoms. The Bertz CT molecular complexity index is 476. The van der Waals surface area contributed by atoms with Gasteiger partial charge in [0.15, 0.2) is 12.1 Å². The monoisotopic (exact) mass is 178 g/mol. The van der Waals surface area contributed by atoms with Gasteiger partial charge in [0.2, 0.25) is 0 Å². The molecular weight excluding hydrogens is 171 g/mol. The number of carbonyl (C=O) groups is 1. The highest BCUT2D eigenvalue weighted by molar-refractivity contribution is 5.98. The van der Waals surface area contributed by atoms with Gasteiger partial charge in [0.05, 0.1) is 0 Å². The zero-order valence-electron chi connectivity index (χ0n) is 6.97. The Morgan fingerprint density at radius 2 is 2.31 bits per heavy atom. The lowest BCUT2D eigenvalue weighted by atomic mass is 10.1. The first-order valence-electron chi connectivity index (χ1n) is 3.82. The number of H-pyrrole nitrogens is 1. The van der Waals surface area contributed by atoms with Gasteiger partial charge in [0, 0.05) is 16.6 Å². The van der Waals surface area contributed by atoms with Gasteiger partial charge in [-0.2, -0.15) is 5.10 Å². The van der Waals surface area contributed by atoms with E-state index >= 15 is 0 Å². The van der Waals surface area contributed by atoms with Crippen LogP contribution in [0.2, 0.25) is 0 Å². The van der Waals surface area contributed by atoms with E-state index in [1.165, 1.54) is 12.1 Å². The summed E-state index contributed by atoms with van der Waals surface area (Å²) in [4.78, 5) is 10.6. The molecule has 0 bridgehead atoms. The molecule has 1 aromatic heterocycles. The Balaban J connectivity index is 2.96. The molecule has 0 spiro atoms. The summed E-state index contributed by atoms with van der Waals surface area (Å²) in [5.41, 5.74) is 1.39. The molecule has 0 saturated heterocycles. The summed E-state index contributed by atoms with van der Waals surface area (Å²) in [5.74, 6) is -0.412. The predicted molar refractivity (Wildman–Crippen MR) is 46.2 cm³/mol. The van der Waals surface area contributed by atoms with Crippen LogP contribution in [0, 0.1) is 12.7 Å². The number of nitrogens with zero attached hydrogens (tertiary/aromatic N) is 1. The van der Waals surface area contributed by atoms with Gasteiger partial charge in [-0.05, 0) is 19.1 Å². The van der Waals surface area contributed by atoms with E-state index < -0.39 is 5.82 Å². The SMILES string of the molecule is Cc1[nH]nc2c(F)ccc(C=O)c12. The highest BCUT2D eigenvalue weighted by Gasteiger charge is 2.10. The summed E-state index contributed by atoms with van der Waals surface area (Å²) >= 11 is 0. The summed E-state index contributed by atoms with van der Waals surface area (Å²) in [7, 11) is 0. The maximum absolute atomic E-state index is 13.1. The van der Waals surface area contributed by atoms with E-state index in [4.69, 9.17) is 0 Å². The quantitative estimate of drug-likeness (QED) is 0.677. The van der Waals surface area contributed by atoms with Crippen LogP contribution in [-0.4, -0.2) is 16.5 Å². The van der Waals surface area contributed by atoms with Crippen LogP contribution >= 0.6 is 0 Å². The lowest BCUT2D eigenvalue weighted by Crippen LogP contribution is -1.85. The maximum atomic E-state index is 13.1. The lowest BCUT2D eigenvalue weighted by molar-refractivity contribution is 0.112. The molecule has 2 aromatic rings. The fourth-order valence-corrected chi connectivity index (χ4v) is 1.38. The van der Waals surface area contributed by atoms with E-state index in [2.05, 4.69) is 10.2 Å². The first-order chi connectivity index (χ1) is 6.24. The summed E-state index contributed by atoms with van der Waals surface area (Å²) in [6, 6.07) is 2.69. The van der Waals surface area contributed by atoms with Gasteiger partial charge in [-0.15, -0.1) is 0 Å². The standard InChI is InChI=1S/C9H7FN2O/c1-5-8-6(4-13)2-3-7(10)9(8)12-11-5/h2-4H,1H3,(H,11,12). The number of hydrogen-bond acceptors (Lipinski definition) is 2. The highest BCUT2D eigenvalue weighted by Crippen LogP contribution is 2.21. The molecule has 1 N–H and O–H groups in total. The van der Waals surface area contributed by atoms with Crippen LogP contribution in [-0.2, 0) is 0 Å². The van der Waals surface area contributed by atoms with Crippen LogP contribution in [0.4, 0.5) is 4.39 Å². The number of aldehydes is 1. The summed E-state index contributed by atoms with van der Waals surface area (Å²) in [6.07, 6.45) is 0.699. The van der Waals surface area contributed by atoms with Crippen LogP contribution in [0.15, 0.2) is 12.1 Å². The average molecular weight is 178 g/mol. The minimum absolute atomic E-state index is 0.224. The Kier molecular flexibility index (Phi) is 1.62. The zero-order valence-corrected chi connectivity index (χ0v) is 6.97. The number of nitrogens with one attached hydrogen (secondary N) is 1. The van der Waals surface area contributed by atoms with Gasteiger partial charge < -0.3 is 0 Å². The molecule has 4 heteroatoms. The third-order valence-corrected chi connectivity index (χ3v) is 2.00. The summed E-state index contributed by atoms with van der Waals surface area (Å²) in [5, 5.41) is 6.98. The average Bonchev–Trinajstić information content (AvgIpc) is 2.51. The lowest BCUT2D eigenvalue weighted by Gasteiger charge is -1.95. The topological polar surface area (TPSA) is 45.8 Å². The molecule has 1 heterocycles. The number of benzene rings is 1. The van der Waals surface area contributed by atoms with E-state index in [0.717, 1.165) is 0 Å². The number of aromatic nitrogens is 2. The molecule has 0 aliphatic carbocycles. The van der Waals surface area contributed by atoms with Crippen molar-refractivity contribution >= 4 is 17.2 Å². The molecule has 0 radical (unpaired) electrons. The van der Waals surface area contributed by atoms with E-state index in [9.17, 15) is 9.18 Å². The molecular formula is C9H7FN2O. The molecule has 0 aliphatic rings. The fraction of sp³-hybridized carbons (Fsp3) is 0.111. The van der Waals surface area contributed by atoms with Crippen molar-refractivity contribution in [3.8, 4) is 0 Å². The summed E-state index contributed by atoms with van der Waals surface area (Å²) in [6.45, 7) is 1.75. The number of aryl methyl sites for hydroxylation is 1. The molecule has 2 rings (SSSR count). The largest absolute Gasteiger partial charge is 0.298 e. The van der Waals surface area contributed by atoms with E-state index in [0.29, 0.717) is 22.9 Å². The first kappa shape index (κ1) is 7.91. The van der Waals surface area contributed by atoms with Crippen molar-refractivity contribution in [1.29, 1.82) is 0 Å². The number of carbonyl (C=O) groups excluding carboxylic acids is 1. The normalized spacial score (nSPS) is 10.6. The molecule has 1 aromatic carbocycles. The van der Waals surface area contributed by atoms with Crippen molar-refractivity contribution in [3.63, 3.8) is 0 Å². The second-order valence-corrected chi connectivity index (χ2v) is 2.83. The van der Waals surface area contributed by atoms with Crippen LogP contribution < -0.4 is 0 Å². The smallest absolute Gasteiger partial charge is 0.151 e. The second-order valence-electron chi connectivity index (χ2n) is 2.83. The van der Waals surface area contributed by atoms with Crippen molar-refractivity contribution < 1.29 is 9.18 Å². The van der Waals surface area contributed by atoms with Gasteiger partial charge in [0.25, 0.3) is 0 Å². The van der Waals surface area contributed by atoms with Gasteiger partial charge in [0.1, 0.15) is 5.52 Å². The molecule has 66 valence electrons. The van der Waals surface area contributed by atoms with Crippen LogP contribution in [0.5, 0.6) is 0 Å². The molecule has 3 nitrogen and oxygen atoms in total. The van der Waals surface area contributed by atoms with Gasteiger partial charge >= 0.3 is 0 Å². The number of aromatic amines is 1. The zero-order chi connectivity index (χ0) is 9.42. The minimum atomic E-state index is -0.412. The molecule has 0 atom stereocenters. The van der Waals surface area contributed by atoms with E-state index in [-0.39, 0.29) is 5.52 Å². The first-order valence-corrected chi connectivity index (χ1v) is 3.82. The number of halogens is 1. The Morgan fingerprint density at radius 3 is 3.00 bits per heavy atom. The number of rotatable bonds is 1. The Hall–Kier alpha value is -1.71. The molecule has 0 aliphatic heterocycles. The number of fused-ring (bicyclic) bond motifs is 1. The molecule has 0 unspecified atom stereocenters. The number of hydrogen-bond donors (Lipinski definition) is 1. The molecule has 0 amide bonds. The third kappa shape index (κ3) is 1.02. The van der Waals surface area contributed by atoms with E-state index in [1.807, 2.05) is 0 Å². The van der Waals surface area contributed by atoms with E-state index in [1.54, 1.807) is 6.92 Å². The summed E-state index contributed by atoms with van der Waals surface area (Å²) < 4.78 is 13.1.